The number of amides is 5. The highest BCUT2D eigenvalue weighted by molar-refractivity contribution is 6.61. The predicted octanol–water partition coefficient (Wildman–Crippen LogP) is 14.5. The molecule has 5 amide bonds. The van der Waals surface area contributed by atoms with Gasteiger partial charge < -0.3 is 35.5 Å². The minimum absolute atomic E-state index is 0.0708. The van der Waals surface area contributed by atoms with E-state index >= 15 is 0 Å². The van der Waals surface area contributed by atoms with Crippen molar-refractivity contribution in [3.63, 3.8) is 0 Å². The molecule has 6 aromatic rings. The zero-order valence-corrected chi connectivity index (χ0v) is 57.8. The third-order valence-electron chi connectivity index (χ3n) is 21.1. The third kappa shape index (κ3) is 15.8. The minimum Gasteiger partial charge on any atom is -0.450 e. The Bertz CT molecular complexity index is 3930. The fraction of sp³-hybridized carbons (Fsp3) is 0.494. The average Bonchev–Trinajstić information content (AvgIpc) is 1.59. The van der Waals surface area contributed by atoms with Crippen molar-refractivity contribution >= 4 is 64.0 Å². The van der Waals surface area contributed by atoms with Crippen molar-refractivity contribution in [3.05, 3.63) is 178 Å². The summed E-state index contributed by atoms with van der Waals surface area (Å²) in [4.78, 5) is 93.5. The summed E-state index contributed by atoms with van der Waals surface area (Å²) in [6, 6.07) is 30.0. The number of pyridine rings is 3. The molecule has 23 heteroatoms. The zero-order chi connectivity index (χ0) is 69.9. The van der Waals surface area contributed by atoms with Crippen LogP contribution in [0.15, 0.2) is 109 Å². The van der Waals surface area contributed by atoms with E-state index in [0.29, 0.717) is 71.5 Å². The molecule has 0 spiro atoms. The second-order valence-corrected chi connectivity index (χ2v) is 29.9. The van der Waals surface area contributed by atoms with Crippen LogP contribution in [0, 0.1) is 35.2 Å². The van der Waals surface area contributed by atoms with Gasteiger partial charge in [-0.1, -0.05) is 6.92 Å². The number of benzene rings is 3. The summed E-state index contributed by atoms with van der Waals surface area (Å²) in [5.41, 5.74) is 7.80. The summed E-state index contributed by atoms with van der Waals surface area (Å²) < 4.78 is 54.8. The lowest BCUT2D eigenvalue weighted by Gasteiger charge is -2.29. The van der Waals surface area contributed by atoms with E-state index in [-0.39, 0.29) is 71.2 Å². The van der Waals surface area contributed by atoms with E-state index in [2.05, 4.69) is 71.6 Å². The van der Waals surface area contributed by atoms with Crippen LogP contribution in [0.25, 0.3) is 0 Å². The van der Waals surface area contributed by atoms with Crippen molar-refractivity contribution in [3.8, 4) is 0 Å². The van der Waals surface area contributed by atoms with Gasteiger partial charge in [0.2, 0.25) is 0 Å². The number of hydrogen-bond acceptors (Lipinski definition) is 14. The number of carbonyl (C=O) groups is 6. The van der Waals surface area contributed by atoms with Gasteiger partial charge in [-0.05, 0) is 258 Å². The molecule has 19 nitrogen and oxygen atoms in total. The van der Waals surface area contributed by atoms with E-state index in [1.807, 2.05) is 30.3 Å². The van der Waals surface area contributed by atoms with Gasteiger partial charge in [-0.2, -0.15) is 0 Å². The maximum atomic E-state index is 13.1. The van der Waals surface area contributed by atoms with Crippen LogP contribution >= 0.6 is 11.6 Å². The van der Waals surface area contributed by atoms with Crippen LogP contribution in [-0.4, -0.2) is 112 Å². The first-order chi connectivity index (χ1) is 48.1. The molecular weight excluding hydrogens is 1300 g/mol. The maximum Gasteiger partial charge on any atom is 0.414 e. The van der Waals surface area contributed by atoms with Crippen LogP contribution in [0.2, 0.25) is 0 Å². The topological polar surface area (TPSA) is 227 Å². The largest absolute Gasteiger partial charge is 0.450 e. The van der Waals surface area contributed by atoms with Crippen LogP contribution in [0.5, 0.6) is 0 Å². The smallest absolute Gasteiger partial charge is 0.414 e. The average molecular weight is 1390 g/mol. The Labute approximate surface area is 585 Å². The zero-order valence-electron chi connectivity index (χ0n) is 57.0. The summed E-state index contributed by atoms with van der Waals surface area (Å²) in [6.07, 6.45) is 13.8. The lowest BCUT2D eigenvalue weighted by Crippen LogP contribution is -2.38. The van der Waals surface area contributed by atoms with E-state index in [4.69, 9.17) is 36.0 Å². The highest BCUT2D eigenvalue weighted by Crippen LogP contribution is 2.58. The highest BCUT2D eigenvalue weighted by Gasteiger charge is 2.55. The predicted molar refractivity (Wildman–Crippen MR) is 370 cm³/mol. The first kappa shape index (κ1) is 68.5. The molecular formula is C77H86ClF3N10O9. The van der Waals surface area contributed by atoms with Gasteiger partial charge in [-0.3, -0.25) is 44.0 Å². The van der Waals surface area contributed by atoms with E-state index in [9.17, 15) is 41.9 Å². The Morgan fingerprint density at radius 2 is 0.840 bits per heavy atom. The molecule has 9 saturated carbocycles. The number of rotatable bonds is 15. The van der Waals surface area contributed by atoms with E-state index in [0.717, 1.165) is 160 Å². The normalized spacial score (nSPS) is 23.4. The Balaban J connectivity index is 0.000000115. The second-order valence-electron chi connectivity index (χ2n) is 29.6. The molecule has 2 unspecified atom stereocenters. The van der Waals surface area contributed by atoms with Crippen molar-refractivity contribution in [2.75, 3.05) is 41.3 Å². The molecule has 9 fully saturated rings. The molecule has 3 aliphatic heterocycles. The number of ether oxygens (including phenoxy) is 3. The highest BCUT2D eigenvalue weighted by atomic mass is 35.5. The molecule has 3 aromatic heterocycles. The van der Waals surface area contributed by atoms with E-state index < -0.39 is 16.5 Å². The molecule has 9 aliphatic carbocycles. The van der Waals surface area contributed by atoms with Gasteiger partial charge in [-0.25, -0.2) is 27.6 Å². The van der Waals surface area contributed by atoms with Crippen LogP contribution in [0.3, 0.4) is 0 Å². The summed E-state index contributed by atoms with van der Waals surface area (Å²) in [5, 5.41) is 12.7. The number of aromatic nitrogens is 3. The lowest BCUT2D eigenvalue weighted by molar-refractivity contribution is 0.0921. The summed E-state index contributed by atoms with van der Waals surface area (Å²) in [5.74, 6) is 1.26. The Kier molecular flexibility index (Phi) is 19.0. The number of nitrogens with one attached hydrogen (secondary N) is 4. The van der Waals surface area contributed by atoms with Crippen LogP contribution in [0.4, 0.5) is 44.6 Å². The van der Waals surface area contributed by atoms with Crippen molar-refractivity contribution in [2.45, 2.75) is 196 Å². The van der Waals surface area contributed by atoms with Crippen molar-refractivity contribution < 1.29 is 56.1 Å². The molecule has 0 saturated heterocycles. The summed E-state index contributed by atoms with van der Waals surface area (Å²) in [7, 11) is 0. The van der Waals surface area contributed by atoms with Gasteiger partial charge in [0.1, 0.15) is 35.8 Å². The number of fused-ring (bicyclic) bond motifs is 9. The van der Waals surface area contributed by atoms with Gasteiger partial charge in [0.25, 0.3) is 17.7 Å². The number of hydrogen-bond donors (Lipinski definition) is 4. The molecule has 6 heterocycles. The van der Waals surface area contributed by atoms with Crippen LogP contribution in [-0.2, 0) is 30.8 Å². The fourth-order valence-electron chi connectivity index (χ4n) is 14.1. The maximum absolute atomic E-state index is 13.1. The first-order valence-electron chi connectivity index (χ1n) is 35.7. The molecule has 0 radical (unpaired) electrons. The van der Waals surface area contributed by atoms with Crippen LogP contribution < -0.4 is 31.1 Å². The molecule has 526 valence electrons. The molecule has 6 atom stereocenters. The van der Waals surface area contributed by atoms with E-state index in [1.54, 1.807) is 9.80 Å². The fourth-order valence-corrected chi connectivity index (χ4v) is 14.2. The quantitative estimate of drug-likeness (QED) is 0.0554. The van der Waals surface area contributed by atoms with Gasteiger partial charge in [0, 0.05) is 77.8 Å². The third-order valence-corrected chi connectivity index (χ3v) is 21.2. The second kappa shape index (κ2) is 27.7. The minimum atomic E-state index is -0.678. The lowest BCUT2D eigenvalue weighted by atomic mass is 10.0. The molecule has 0 bridgehead atoms. The van der Waals surface area contributed by atoms with Crippen molar-refractivity contribution in [1.82, 2.24) is 35.8 Å². The van der Waals surface area contributed by atoms with Gasteiger partial charge in [-0.15, -0.1) is 0 Å². The standard InChI is InChI=1S/2C23H22FN3O3.C19H18FN3O.C8H19N.C4H5ClO2/c2*24-15-3-1-13(2-4-15)21(28)26-23(9-10-23)19-8-7-18-20(25-19)17-11-14(17)12-27(18)22(29)30-16-5-6-16;20-13-3-1-11(2-4-13)18(24)23-19(7-8-19)16-6-5-15-17(22-16)14-9-12(14)10-21-15;1-6-9(7(2)3)8(4)5;5-4(6)7-3-1-2-3/h2*1-4,7-8,14,16-17H,5-6,9-12H2,(H,26,28);1-6,12,14,21H,7-10H2,(H,23,24);7-8H,6H2,1-5H3;3H,1-2H2/t2*14-,17-;;;/m10.../s1. The van der Waals surface area contributed by atoms with Gasteiger partial charge in [0.15, 0.2) is 0 Å². The number of halogens is 4. The van der Waals surface area contributed by atoms with Crippen molar-refractivity contribution in [1.29, 1.82) is 0 Å². The molecule has 4 N–H and O–H groups in total. The molecule has 100 heavy (non-hydrogen) atoms. The summed E-state index contributed by atoms with van der Waals surface area (Å²) >= 11 is 4.85. The first-order valence-corrected chi connectivity index (χ1v) is 36.1. The number of anilines is 3. The molecule has 18 rings (SSSR count). The van der Waals surface area contributed by atoms with E-state index in [1.165, 1.54) is 79.2 Å². The Morgan fingerprint density at radius 3 is 1.16 bits per heavy atom. The molecule has 3 aromatic carbocycles. The Morgan fingerprint density at radius 1 is 0.500 bits per heavy atom. The molecule has 12 aliphatic rings. The van der Waals surface area contributed by atoms with Gasteiger partial charge in [0.05, 0.1) is 67.8 Å². The SMILES string of the molecule is CCN(C(C)C)C(C)C.O=C(Cl)OC1CC1.O=C(NC1(c2ccc3c(n2)C2CC2CN3)CC1)c1ccc(F)cc1.O=C(NC1(c2ccc3c(n2)[C@@H]2C[C@@H]2CN3C(=O)OC2CC2)CC1)c1ccc(F)cc1.O=C(NC1(c2ccc3c(n2)[C@H]2C[C@H]2CN3C(=O)OC2CC2)CC1)c1ccc(F)cc1. The van der Waals surface area contributed by atoms with Gasteiger partial charge >= 0.3 is 17.6 Å². The number of nitrogens with zero attached hydrogens (tertiary/aromatic N) is 6. The van der Waals surface area contributed by atoms with Crippen molar-refractivity contribution in [2.24, 2.45) is 17.8 Å². The monoisotopic (exact) mass is 1390 g/mol. The Hall–Kier alpha value is -8.63. The van der Waals surface area contributed by atoms with Crippen LogP contribution in [0.1, 0.15) is 214 Å². The summed E-state index contributed by atoms with van der Waals surface area (Å²) in [6.45, 7) is 14.8. The number of carbonyl (C=O) groups excluding carboxylic acids is 6.